The molecule has 0 unspecified atom stereocenters. The molecule has 0 aliphatic rings. The first-order valence-corrected chi connectivity index (χ1v) is 10.4. The van der Waals surface area contributed by atoms with Crippen LogP contribution in [0.25, 0.3) is 22.8 Å². The van der Waals surface area contributed by atoms with Gasteiger partial charge < -0.3 is 19.8 Å². The third-order valence-electron chi connectivity index (χ3n) is 4.99. The van der Waals surface area contributed by atoms with Gasteiger partial charge in [0.15, 0.2) is 5.76 Å². The maximum Gasteiger partial charge on any atom is 0.325 e. The summed E-state index contributed by atoms with van der Waals surface area (Å²) in [5.41, 5.74) is 2.68. The van der Waals surface area contributed by atoms with Crippen LogP contribution < -0.4 is 10.6 Å². The number of amides is 2. The van der Waals surface area contributed by atoms with Crippen LogP contribution in [-0.2, 0) is 9.53 Å². The average molecular weight is 455 g/mol. The average Bonchev–Trinajstić information content (AvgIpc) is 3.38. The van der Waals surface area contributed by atoms with E-state index in [1.54, 1.807) is 54.7 Å². The molecule has 0 saturated carbocycles. The number of ether oxygens (including phenoxy) is 1. The maximum absolute atomic E-state index is 13.0. The number of benzene rings is 3. The molecule has 0 bridgehead atoms. The molecule has 8 heteroatoms. The number of hydrogen-bond acceptors (Lipinski definition) is 6. The standard InChI is InChI=1S/C26H21N3O5/c1-33-23(30)16-27-24(31)18-11-13-19(14-12-18)29-25(32)20-9-5-6-10-21(20)26-28-15-22(34-26)17-7-3-2-4-8-17/h2-15H,16H2,1H3,(H,27,31)(H,29,32). The smallest absolute Gasteiger partial charge is 0.325 e. The van der Waals surface area contributed by atoms with Crippen LogP contribution in [0.1, 0.15) is 20.7 Å². The first-order valence-electron chi connectivity index (χ1n) is 10.4. The number of hydrogen-bond donors (Lipinski definition) is 2. The van der Waals surface area contributed by atoms with Crippen LogP contribution in [0.3, 0.4) is 0 Å². The molecule has 8 nitrogen and oxygen atoms in total. The maximum atomic E-state index is 13.0. The Kier molecular flexibility index (Phi) is 6.78. The molecule has 170 valence electrons. The molecule has 0 saturated heterocycles. The normalized spacial score (nSPS) is 10.4. The topological polar surface area (TPSA) is 111 Å². The summed E-state index contributed by atoms with van der Waals surface area (Å²) in [6.07, 6.45) is 1.63. The predicted octanol–water partition coefficient (Wildman–Crippen LogP) is 4.16. The molecule has 34 heavy (non-hydrogen) atoms. The Morgan fingerprint density at radius 1 is 0.882 bits per heavy atom. The number of rotatable bonds is 7. The van der Waals surface area contributed by atoms with E-state index in [-0.39, 0.29) is 12.5 Å². The van der Waals surface area contributed by atoms with Crippen LogP contribution in [0.15, 0.2) is 89.5 Å². The van der Waals surface area contributed by atoms with Gasteiger partial charge in [-0.25, -0.2) is 4.98 Å². The van der Waals surface area contributed by atoms with Gasteiger partial charge in [-0.15, -0.1) is 0 Å². The molecule has 0 spiro atoms. The first-order chi connectivity index (χ1) is 16.5. The molecule has 0 atom stereocenters. The zero-order valence-corrected chi connectivity index (χ0v) is 18.3. The lowest BCUT2D eigenvalue weighted by Crippen LogP contribution is -2.30. The van der Waals surface area contributed by atoms with Crippen molar-refractivity contribution in [3.05, 3.63) is 96.2 Å². The summed E-state index contributed by atoms with van der Waals surface area (Å²) in [5, 5.41) is 5.28. The van der Waals surface area contributed by atoms with E-state index in [2.05, 4.69) is 20.4 Å². The number of anilines is 1. The molecule has 4 aromatic rings. The Hall–Kier alpha value is -4.72. The van der Waals surface area contributed by atoms with Crippen molar-refractivity contribution in [2.45, 2.75) is 0 Å². The van der Waals surface area contributed by atoms with Crippen LogP contribution in [0.5, 0.6) is 0 Å². The second-order valence-corrected chi connectivity index (χ2v) is 7.23. The number of nitrogens with one attached hydrogen (secondary N) is 2. The molecule has 4 rings (SSSR count). The summed E-state index contributed by atoms with van der Waals surface area (Å²) in [6.45, 7) is -0.225. The Balaban J connectivity index is 1.48. The monoisotopic (exact) mass is 455 g/mol. The Bertz CT molecular complexity index is 1310. The number of aromatic nitrogens is 1. The minimum atomic E-state index is -0.544. The van der Waals surface area contributed by atoms with Crippen LogP contribution in [0, 0.1) is 0 Å². The summed E-state index contributed by atoms with van der Waals surface area (Å²) < 4.78 is 10.4. The van der Waals surface area contributed by atoms with Crippen molar-refractivity contribution in [2.75, 3.05) is 19.0 Å². The Morgan fingerprint density at radius 3 is 2.32 bits per heavy atom. The van der Waals surface area contributed by atoms with E-state index in [4.69, 9.17) is 4.42 Å². The van der Waals surface area contributed by atoms with Gasteiger partial charge in [0.2, 0.25) is 5.89 Å². The highest BCUT2D eigenvalue weighted by Crippen LogP contribution is 2.28. The summed E-state index contributed by atoms with van der Waals surface area (Å²) in [4.78, 5) is 40.6. The Labute approximate surface area is 195 Å². The molecule has 2 amide bonds. The number of esters is 1. The third-order valence-corrected chi connectivity index (χ3v) is 4.99. The molecule has 2 N–H and O–H groups in total. The van der Waals surface area contributed by atoms with E-state index in [0.717, 1.165) is 5.56 Å². The number of methoxy groups -OCH3 is 1. The molecule has 0 aliphatic heterocycles. The van der Waals surface area contributed by atoms with Crippen molar-refractivity contribution in [1.29, 1.82) is 0 Å². The zero-order valence-electron chi connectivity index (χ0n) is 18.3. The predicted molar refractivity (Wildman–Crippen MR) is 126 cm³/mol. The van der Waals surface area contributed by atoms with Gasteiger partial charge in [-0.05, 0) is 36.4 Å². The SMILES string of the molecule is COC(=O)CNC(=O)c1ccc(NC(=O)c2ccccc2-c2ncc(-c3ccccc3)o2)cc1. The molecule has 1 aromatic heterocycles. The van der Waals surface area contributed by atoms with Crippen molar-refractivity contribution in [3.8, 4) is 22.8 Å². The minimum Gasteiger partial charge on any atom is -0.468 e. The molecular weight excluding hydrogens is 434 g/mol. The van der Waals surface area contributed by atoms with Gasteiger partial charge in [0, 0.05) is 22.4 Å². The highest BCUT2D eigenvalue weighted by atomic mass is 16.5. The van der Waals surface area contributed by atoms with Crippen LogP contribution >= 0.6 is 0 Å². The highest BCUT2D eigenvalue weighted by Gasteiger charge is 2.17. The van der Waals surface area contributed by atoms with Gasteiger partial charge in [0.05, 0.1) is 18.9 Å². The van der Waals surface area contributed by atoms with Gasteiger partial charge >= 0.3 is 5.97 Å². The van der Waals surface area contributed by atoms with Crippen LogP contribution in [0.4, 0.5) is 5.69 Å². The van der Waals surface area contributed by atoms with Gasteiger partial charge in [-0.3, -0.25) is 14.4 Å². The fraction of sp³-hybridized carbons (Fsp3) is 0.0769. The van der Waals surface area contributed by atoms with Gasteiger partial charge in [-0.2, -0.15) is 0 Å². The number of carbonyl (C=O) groups is 3. The number of oxazole rings is 1. The van der Waals surface area contributed by atoms with Crippen molar-refractivity contribution in [1.82, 2.24) is 10.3 Å². The van der Waals surface area contributed by atoms with E-state index in [1.165, 1.54) is 7.11 Å². The van der Waals surface area contributed by atoms with E-state index >= 15 is 0 Å². The van der Waals surface area contributed by atoms with Crippen molar-refractivity contribution in [2.24, 2.45) is 0 Å². The molecule has 0 aliphatic carbocycles. The molecular formula is C26H21N3O5. The number of carbonyl (C=O) groups excluding carboxylic acids is 3. The quantitative estimate of drug-likeness (QED) is 0.405. The van der Waals surface area contributed by atoms with Gasteiger partial charge in [0.1, 0.15) is 6.54 Å². The van der Waals surface area contributed by atoms with Crippen molar-refractivity contribution in [3.63, 3.8) is 0 Å². The zero-order chi connectivity index (χ0) is 23.9. The van der Waals surface area contributed by atoms with Crippen LogP contribution in [0.2, 0.25) is 0 Å². The lowest BCUT2D eigenvalue weighted by Gasteiger charge is -2.09. The number of nitrogens with zero attached hydrogens (tertiary/aromatic N) is 1. The largest absolute Gasteiger partial charge is 0.468 e. The molecule has 0 radical (unpaired) electrons. The fourth-order valence-electron chi connectivity index (χ4n) is 3.23. The second kappa shape index (κ2) is 10.3. The summed E-state index contributed by atoms with van der Waals surface area (Å²) in [6, 6.07) is 22.9. The van der Waals surface area contributed by atoms with Gasteiger partial charge in [0.25, 0.3) is 11.8 Å². The molecule has 3 aromatic carbocycles. The molecule has 1 heterocycles. The van der Waals surface area contributed by atoms with E-state index in [1.807, 2.05) is 30.3 Å². The van der Waals surface area contributed by atoms with Crippen molar-refractivity contribution >= 4 is 23.5 Å². The highest BCUT2D eigenvalue weighted by molar-refractivity contribution is 6.08. The summed E-state index contributed by atoms with van der Waals surface area (Å²) in [7, 11) is 1.24. The van der Waals surface area contributed by atoms with Gasteiger partial charge in [-0.1, -0.05) is 42.5 Å². The summed E-state index contributed by atoms with van der Waals surface area (Å²) in [5.74, 6) is -0.378. The van der Waals surface area contributed by atoms with Crippen molar-refractivity contribution < 1.29 is 23.5 Å². The third kappa shape index (κ3) is 5.18. The fourth-order valence-corrected chi connectivity index (χ4v) is 3.23. The van der Waals surface area contributed by atoms with E-state index in [9.17, 15) is 14.4 Å². The van der Waals surface area contributed by atoms with E-state index < -0.39 is 11.9 Å². The summed E-state index contributed by atoms with van der Waals surface area (Å²) >= 11 is 0. The van der Waals surface area contributed by atoms with E-state index in [0.29, 0.717) is 34.0 Å². The van der Waals surface area contributed by atoms with Crippen LogP contribution in [-0.4, -0.2) is 36.4 Å². The second-order valence-electron chi connectivity index (χ2n) is 7.23. The minimum absolute atomic E-state index is 0.225. The lowest BCUT2D eigenvalue weighted by atomic mass is 10.1. The first kappa shape index (κ1) is 22.5. The lowest BCUT2D eigenvalue weighted by molar-refractivity contribution is -0.139. The molecule has 0 fully saturated rings. The Morgan fingerprint density at radius 2 is 1.59 bits per heavy atom.